The molecule has 0 amide bonds. The van der Waals surface area contributed by atoms with Gasteiger partial charge in [-0.05, 0) is 12.5 Å². The van der Waals surface area contributed by atoms with Crippen LogP contribution >= 0.6 is 0 Å². The van der Waals surface area contributed by atoms with Gasteiger partial charge in [-0.25, -0.2) is 0 Å². The van der Waals surface area contributed by atoms with E-state index in [0.29, 0.717) is 12.3 Å². The summed E-state index contributed by atoms with van der Waals surface area (Å²) in [5.74, 6) is 0.659. The third-order valence-corrected chi connectivity index (χ3v) is 2.82. The first-order chi connectivity index (χ1) is 7.72. The van der Waals surface area contributed by atoms with Crippen molar-refractivity contribution >= 4 is 22.2 Å². The van der Waals surface area contributed by atoms with Crippen molar-refractivity contribution in [2.24, 2.45) is 0 Å². The van der Waals surface area contributed by atoms with E-state index in [4.69, 9.17) is 0 Å². The number of anilines is 2. The van der Waals surface area contributed by atoms with Crippen molar-refractivity contribution in [1.29, 1.82) is 0 Å². The lowest BCUT2D eigenvalue weighted by atomic mass is 10.3. The Balaban J connectivity index is 2.43. The molecule has 0 saturated carbocycles. The molecule has 0 aliphatic rings. The highest BCUT2D eigenvalue weighted by Crippen LogP contribution is 2.12. The second-order valence-corrected chi connectivity index (χ2v) is 5.15. The fourth-order valence-corrected chi connectivity index (χ4v) is 1.63. The highest BCUT2D eigenvalue weighted by Gasteiger charge is 1.96. The van der Waals surface area contributed by atoms with Crippen LogP contribution in [0.3, 0.4) is 0 Å². The molecule has 0 spiro atoms. The molecule has 0 aliphatic carbocycles. The van der Waals surface area contributed by atoms with Crippen LogP contribution < -0.4 is 10.6 Å². The minimum Gasteiger partial charge on any atom is -0.384 e. The molecule has 1 heterocycles. The molecule has 16 heavy (non-hydrogen) atoms. The lowest BCUT2D eigenvalue weighted by molar-refractivity contribution is 0.687. The third-order valence-electron chi connectivity index (χ3n) is 2.04. The second-order valence-electron chi connectivity index (χ2n) is 3.59. The van der Waals surface area contributed by atoms with Gasteiger partial charge in [0.15, 0.2) is 0 Å². The summed E-state index contributed by atoms with van der Waals surface area (Å²) >= 11 is 0. The van der Waals surface area contributed by atoms with E-state index in [2.05, 4.69) is 22.5 Å². The first-order valence-corrected chi connectivity index (χ1v) is 7.18. The lowest BCUT2D eigenvalue weighted by Crippen LogP contribution is -2.10. The largest absolute Gasteiger partial charge is 0.384 e. The van der Waals surface area contributed by atoms with Crippen LogP contribution in [0.1, 0.15) is 13.3 Å². The molecule has 1 rings (SSSR count). The summed E-state index contributed by atoms with van der Waals surface area (Å²) < 4.78 is 10.9. The highest BCUT2D eigenvalue weighted by atomic mass is 32.2. The van der Waals surface area contributed by atoms with Gasteiger partial charge in [-0.1, -0.05) is 6.92 Å². The number of pyridine rings is 1. The van der Waals surface area contributed by atoms with Gasteiger partial charge in [0.1, 0.15) is 0 Å². The minimum absolute atomic E-state index is 0.659. The molecular weight excluding hydrogens is 222 g/mol. The van der Waals surface area contributed by atoms with Crippen LogP contribution in [0.2, 0.25) is 0 Å². The molecule has 2 N–H and O–H groups in total. The molecule has 1 atom stereocenters. The van der Waals surface area contributed by atoms with Crippen molar-refractivity contribution < 1.29 is 4.21 Å². The number of nitrogens with zero attached hydrogens (tertiary/aromatic N) is 1. The molecule has 0 fully saturated rings. The monoisotopic (exact) mass is 241 g/mol. The molecule has 1 aromatic heterocycles. The first-order valence-electron chi connectivity index (χ1n) is 5.45. The summed E-state index contributed by atoms with van der Waals surface area (Å²) in [7, 11) is -0.748. The van der Waals surface area contributed by atoms with Crippen LogP contribution in [0.4, 0.5) is 11.4 Å². The zero-order valence-electron chi connectivity index (χ0n) is 9.82. The number of hydrogen-bond donors (Lipinski definition) is 2. The van der Waals surface area contributed by atoms with Crippen LogP contribution in [-0.4, -0.2) is 34.3 Å². The van der Waals surface area contributed by atoms with E-state index in [1.165, 1.54) is 0 Å². The topological polar surface area (TPSA) is 54.0 Å². The Morgan fingerprint density at radius 3 is 2.44 bits per heavy atom. The molecule has 0 saturated heterocycles. The van der Waals surface area contributed by atoms with Crippen molar-refractivity contribution in [3.8, 4) is 0 Å². The van der Waals surface area contributed by atoms with Crippen molar-refractivity contribution in [1.82, 2.24) is 4.98 Å². The van der Waals surface area contributed by atoms with Crippen LogP contribution in [0.15, 0.2) is 18.5 Å². The molecule has 5 heteroatoms. The first kappa shape index (κ1) is 13.0. The second kappa shape index (κ2) is 7.22. The van der Waals surface area contributed by atoms with Crippen molar-refractivity contribution in [2.75, 3.05) is 35.7 Å². The van der Waals surface area contributed by atoms with E-state index in [1.807, 2.05) is 6.07 Å². The van der Waals surface area contributed by atoms with Gasteiger partial charge in [-0.2, -0.15) is 0 Å². The maximum atomic E-state index is 10.9. The molecule has 0 radical (unpaired) electrons. The number of hydrogen-bond acceptors (Lipinski definition) is 4. The molecule has 0 aliphatic heterocycles. The summed E-state index contributed by atoms with van der Waals surface area (Å²) in [5, 5.41) is 6.47. The fraction of sp³-hybridized carbons (Fsp3) is 0.545. The predicted molar refractivity (Wildman–Crippen MR) is 70.4 cm³/mol. The van der Waals surface area contributed by atoms with E-state index < -0.39 is 10.8 Å². The molecule has 1 unspecified atom stereocenters. The maximum absolute atomic E-state index is 10.9. The zero-order chi connectivity index (χ0) is 11.8. The standard InChI is InChI=1S/C11H19N3OS/c1-3-4-13-10-7-11(9-12-8-10)14-5-6-16(2)15/h7-9,13-14H,3-6H2,1-2H3. The molecular formula is C11H19N3OS. The zero-order valence-corrected chi connectivity index (χ0v) is 10.6. The molecule has 0 bridgehead atoms. The Labute approximate surface area is 99.3 Å². The number of aromatic nitrogens is 1. The lowest BCUT2D eigenvalue weighted by Gasteiger charge is -2.08. The summed E-state index contributed by atoms with van der Waals surface area (Å²) in [4.78, 5) is 4.13. The quantitative estimate of drug-likeness (QED) is 0.763. The van der Waals surface area contributed by atoms with E-state index in [1.54, 1.807) is 18.6 Å². The normalized spacial score (nSPS) is 12.1. The summed E-state index contributed by atoms with van der Waals surface area (Å²) in [6.45, 7) is 3.78. The van der Waals surface area contributed by atoms with Gasteiger partial charge in [0.2, 0.25) is 0 Å². The Morgan fingerprint density at radius 1 is 1.25 bits per heavy atom. The van der Waals surface area contributed by atoms with Gasteiger partial charge in [0, 0.05) is 35.9 Å². The molecule has 4 nitrogen and oxygen atoms in total. The highest BCUT2D eigenvalue weighted by molar-refractivity contribution is 7.84. The van der Waals surface area contributed by atoms with Crippen molar-refractivity contribution in [3.05, 3.63) is 18.5 Å². The third kappa shape index (κ3) is 5.11. The van der Waals surface area contributed by atoms with Crippen LogP contribution in [0.25, 0.3) is 0 Å². The van der Waals surface area contributed by atoms with Gasteiger partial charge < -0.3 is 10.6 Å². The van der Waals surface area contributed by atoms with E-state index in [-0.39, 0.29) is 0 Å². The maximum Gasteiger partial charge on any atom is 0.0547 e. The van der Waals surface area contributed by atoms with Gasteiger partial charge >= 0.3 is 0 Å². The number of nitrogens with one attached hydrogen (secondary N) is 2. The Bertz CT molecular complexity index is 344. The Kier molecular flexibility index (Phi) is 5.85. The van der Waals surface area contributed by atoms with Crippen LogP contribution in [0.5, 0.6) is 0 Å². The van der Waals surface area contributed by atoms with Crippen LogP contribution in [0, 0.1) is 0 Å². The van der Waals surface area contributed by atoms with E-state index in [0.717, 1.165) is 24.3 Å². The Morgan fingerprint density at radius 2 is 1.88 bits per heavy atom. The van der Waals surface area contributed by atoms with Crippen LogP contribution in [-0.2, 0) is 10.8 Å². The molecule has 1 aromatic rings. The SMILES string of the molecule is CCCNc1cncc(NCCS(C)=O)c1. The van der Waals surface area contributed by atoms with Gasteiger partial charge in [0.05, 0.1) is 23.8 Å². The summed E-state index contributed by atoms with van der Waals surface area (Å²) in [5.41, 5.74) is 1.98. The predicted octanol–water partition coefficient (Wildman–Crippen LogP) is 1.69. The van der Waals surface area contributed by atoms with Gasteiger partial charge in [-0.15, -0.1) is 0 Å². The fourth-order valence-electron chi connectivity index (χ4n) is 1.24. The average molecular weight is 241 g/mol. The number of rotatable bonds is 7. The Hall–Kier alpha value is -1.10. The summed E-state index contributed by atoms with van der Waals surface area (Å²) in [6.07, 6.45) is 6.38. The van der Waals surface area contributed by atoms with Gasteiger partial charge in [-0.3, -0.25) is 9.19 Å². The van der Waals surface area contributed by atoms with Gasteiger partial charge in [0.25, 0.3) is 0 Å². The summed E-state index contributed by atoms with van der Waals surface area (Å²) in [6, 6.07) is 2.02. The van der Waals surface area contributed by atoms with E-state index >= 15 is 0 Å². The van der Waals surface area contributed by atoms with Crippen molar-refractivity contribution in [2.45, 2.75) is 13.3 Å². The van der Waals surface area contributed by atoms with E-state index in [9.17, 15) is 4.21 Å². The average Bonchev–Trinajstić information content (AvgIpc) is 2.26. The smallest absolute Gasteiger partial charge is 0.0547 e. The molecule has 90 valence electrons. The molecule has 0 aromatic carbocycles. The minimum atomic E-state index is -0.748. The van der Waals surface area contributed by atoms with Crippen molar-refractivity contribution in [3.63, 3.8) is 0 Å².